The summed E-state index contributed by atoms with van der Waals surface area (Å²) in [5.74, 6) is 0.707. The maximum Gasteiger partial charge on any atom is 0.287 e. The summed E-state index contributed by atoms with van der Waals surface area (Å²) in [5.41, 5.74) is 1.15. The van der Waals surface area contributed by atoms with Crippen molar-refractivity contribution in [2.24, 2.45) is 0 Å². The van der Waals surface area contributed by atoms with E-state index in [1.54, 1.807) is 25.1 Å². The summed E-state index contributed by atoms with van der Waals surface area (Å²) >= 11 is 0. The molecule has 19 heavy (non-hydrogen) atoms. The molecule has 7 heteroatoms. The number of rotatable bonds is 4. The zero-order valence-corrected chi connectivity index (χ0v) is 10.1. The first-order chi connectivity index (χ1) is 9.10. The summed E-state index contributed by atoms with van der Waals surface area (Å²) in [4.78, 5) is 10.1. The van der Waals surface area contributed by atoms with Crippen molar-refractivity contribution >= 4 is 11.4 Å². The van der Waals surface area contributed by atoms with E-state index in [9.17, 15) is 10.1 Å². The van der Waals surface area contributed by atoms with Crippen molar-refractivity contribution < 1.29 is 9.45 Å². The van der Waals surface area contributed by atoms with Gasteiger partial charge in [0.2, 0.25) is 0 Å². The maximum atomic E-state index is 10.7. The van der Waals surface area contributed by atoms with Crippen molar-refractivity contribution in [3.8, 4) is 6.07 Å². The van der Waals surface area contributed by atoms with E-state index in [4.69, 9.17) is 9.78 Å². The Bertz CT molecular complexity index is 657. The fourth-order valence-corrected chi connectivity index (χ4v) is 1.59. The summed E-state index contributed by atoms with van der Waals surface area (Å²) in [5, 5.41) is 26.4. The van der Waals surface area contributed by atoms with Gasteiger partial charge in [0, 0.05) is 17.8 Å². The maximum absolute atomic E-state index is 10.7. The normalized spacial score (nSPS) is 9.89. The summed E-state index contributed by atoms with van der Waals surface area (Å²) in [7, 11) is 0. The van der Waals surface area contributed by atoms with Gasteiger partial charge in [-0.25, -0.2) is 0 Å². The SMILES string of the molecule is Cc1cc(CNc2ccc([N+](=O)[O-])c(C#N)c2)no1. The Morgan fingerprint density at radius 1 is 1.53 bits per heavy atom. The number of aryl methyl sites for hydroxylation is 1. The molecule has 0 saturated heterocycles. The molecule has 0 aliphatic rings. The van der Waals surface area contributed by atoms with Crippen LogP contribution in [0, 0.1) is 28.4 Å². The number of nitro benzene ring substituents is 1. The highest BCUT2D eigenvalue weighted by molar-refractivity contribution is 5.58. The largest absolute Gasteiger partial charge is 0.379 e. The van der Waals surface area contributed by atoms with E-state index in [2.05, 4.69) is 10.5 Å². The van der Waals surface area contributed by atoms with Crippen LogP contribution in [0.15, 0.2) is 28.8 Å². The molecule has 96 valence electrons. The Balaban J connectivity index is 2.14. The smallest absolute Gasteiger partial charge is 0.287 e. The van der Waals surface area contributed by atoms with Crippen LogP contribution in [0.25, 0.3) is 0 Å². The molecule has 0 amide bonds. The predicted octanol–water partition coefficient (Wildman–Crippen LogP) is 2.38. The predicted molar refractivity (Wildman–Crippen MR) is 66.4 cm³/mol. The molecule has 2 aromatic rings. The molecule has 0 radical (unpaired) electrons. The Morgan fingerprint density at radius 3 is 2.89 bits per heavy atom. The third-order valence-corrected chi connectivity index (χ3v) is 2.46. The average molecular weight is 258 g/mol. The molecule has 0 atom stereocenters. The van der Waals surface area contributed by atoms with Crippen LogP contribution in [-0.2, 0) is 6.54 Å². The van der Waals surface area contributed by atoms with Crippen LogP contribution in [0.1, 0.15) is 17.0 Å². The highest BCUT2D eigenvalue weighted by Crippen LogP contribution is 2.22. The fraction of sp³-hybridized carbons (Fsp3) is 0.167. The van der Waals surface area contributed by atoms with E-state index in [-0.39, 0.29) is 11.3 Å². The fourth-order valence-electron chi connectivity index (χ4n) is 1.59. The number of benzene rings is 1. The van der Waals surface area contributed by atoms with Gasteiger partial charge in [-0.15, -0.1) is 0 Å². The van der Waals surface area contributed by atoms with Gasteiger partial charge in [-0.2, -0.15) is 5.26 Å². The van der Waals surface area contributed by atoms with Gasteiger partial charge in [-0.3, -0.25) is 10.1 Å². The molecule has 1 aromatic carbocycles. The van der Waals surface area contributed by atoms with Crippen LogP contribution in [-0.4, -0.2) is 10.1 Å². The first-order valence-electron chi connectivity index (χ1n) is 5.45. The molecule has 0 bridgehead atoms. The molecule has 1 heterocycles. The van der Waals surface area contributed by atoms with Gasteiger partial charge in [-0.05, 0) is 19.1 Å². The third-order valence-electron chi connectivity index (χ3n) is 2.46. The van der Waals surface area contributed by atoms with Crippen LogP contribution in [0.5, 0.6) is 0 Å². The van der Waals surface area contributed by atoms with E-state index in [1.165, 1.54) is 12.1 Å². The van der Waals surface area contributed by atoms with Crippen molar-refractivity contribution in [3.63, 3.8) is 0 Å². The van der Waals surface area contributed by atoms with E-state index in [0.717, 1.165) is 5.69 Å². The molecule has 0 saturated carbocycles. The lowest BCUT2D eigenvalue weighted by atomic mass is 10.1. The molecule has 0 aliphatic carbocycles. The van der Waals surface area contributed by atoms with Crippen LogP contribution in [0.4, 0.5) is 11.4 Å². The third kappa shape index (κ3) is 2.87. The molecule has 0 unspecified atom stereocenters. The quantitative estimate of drug-likeness (QED) is 0.666. The zero-order chi connectivity index (χ0) is 13.8. The van der Waals surface area contributed by atoms with Gasteiger partial charge in [0.25, 0.3) is 5.69 Å². The molecule has 0 spiro atoms. The molecule has 1 N–H and O–H groups in total. The van der Waals surface area contributed by atoms with Crippen molar-refractivity contribution in [1.29, 1.82) is 5.26 Å². The minimum absolute atomic E-state index is 0.0198. The minimum Gasteiger partial charge on any atom is -0.379 e. The highest BCUT2D eigenvalue weighted by atomic mass is 16.6. The zero-order valence-electron chi connectivity index (χ0n) is 10.1. The van der Waals surface area contributed by atoms with E-state index < -0.39 is 4.92 Å². The molecule has 7 nitrogen and oxygen atoms in total. The van der Waals surface area contributed by atoms with Crippen LogP contribution < -0.4 is 5.32 Å². The number of aromatic nitrogens is 1. The number of nitrogens with one attached hydrogen (secondary N) is 1. The first-order valence-corrected chi connectivity index (χ1v) is 5.45. The first kappa shape index (κ1) is 12.6. The van der Waals surface area contributed by atoms with Crippen molar-refractivity contribution in [2.75, 3.05) is 5.32 Å². The van der Waals surface area contributed by atoms with Gasteiger partial charge < -0.3 is 9.84 Å². The summed E-state index contributed by atoms with van der Waals surface area (Å²) in [6.07, 6.45) is 0. The van der Waals surface area contributed by atoms with E-state index >= 15 is 0 Å². The number of nitriles is 1. The molecule has 0 aliphatic heterocycles. The Morgan fingerprint density at radius 2 is 2.32 bits per heavy atom. The Labute approximate surface area is 108 Å². The second kappa shape index (κ2) is 5.18. The molecule has 2 rings (SSSR count). The van der Waals surface area contributed by atoms with Crippen LogP contribution in [0.3, 0.4) is 0 Å². The number of nitrogens with zero attached hydrogens (tertiary/aromatic N) is 3. The van der Waals surface area contributed by atoms with Gasteiger partial charge in [0.15, 0.2) is 0 Å². The van der Waals surface area contributed by atoms with Gasteiger partial charge in [-0.1, -0.05) is 5.16 Å². The Kier molecular flexibility index (Phi) is 3.43. The van der Waals surface area contributed by atoms with Crippen LogP contribution in [0.2, 0.25) is 0 Å². The van der Waals surface area contributed by atoms with Crippen LogP contribution >= 0.6 is 0 Å². The average Bonchev–Trinajstić information content (AvgIpc) is 2.81. The number of hydrogen-bond acceptors (Lipinski definition) is 6. The topological polar surface area (TPSA) is 105 Å². The lowest BCUT2D eigenvalue weighted by Gasteiger charge is -2.04. The van der Waals surface area contributed by atoms with E-state index in [0.29, 0.717) is 18.0 Å². The van der Waals surface area contributed by atoms with Gasteiger partial charge in [0.05, 0.1) is 11.5 Å². The van der Waals surface area contributed by atoms with Gasteiger partial charge >= 0.3 is 0 Å². The molecular weight excluding hydrogens is 248 g/mol. The summed E-state index contributed by atoms with van der Waals surface area (Å²) in [6, 6.07) is 7.87. The number of hydrogen-bond donors (Lipinski definition) is 1. The van der Waals surface area contributed by atoms with Crippen molar-refractivity contribution in [1.82, 2.24) is 5.16 Å². The summed E-state index contributed by atoms with van der Waals surface area (Å²) in [6.45, 7) is 2.20. The Hall–Kier alpha value is -2.88. The molecule has 0 fully saturated rings. The second-order valence-corrected chi connectivity index (χ2v) is 3.88. The minimum atomic E-state index is -0.580. The number of anilines is 1. The molecule has 1 aromatic heterocycles. The van der Waals surface area contributed by atoms with Crippen molar-refractivity contribution in [3.05, 3.63) is 51.4 Å². The lowest BCUT2D eigenvalue weighted by molar-refractivity contribution is -0.385. The van der Waals surface area contributed by atoms with Gasteiger partial charge in [0.1, 0.15) is 23.1 Å². The standard InChI is InChI=1S/C12H10N4O3/c1-8-4-11(15-19-8)7-14-10-2-3-12(16(17)18)9(5-10)6-13/h2-5,14H,7H2,1H3. The monoisotopic (exact) mass is 258 g/mol. The second-order valence-electron chi connectivity index (χ2n) is 3.88. The molecular formula is C12H10N4O3. The summed E-state index contributed by atoms with van der Waals surface area (Å²) < 4.78 is 4.92. The highest BCUT2D eigenvalue weighted by Gasteiger charge is 2.13. The van der Waals surface area contributed by atoms with E-state index in [1.807, 2.05) is 0 Å². The van der Waals surface area contributed by atoms with Crippen molar-refractivity contribution in [2.45, 2.75) is 13.5 Å². The lowest BCUT2D eigenvalue weighted by Crippen LogP contribution is -2.01. The number of nitro groups is 1.